The monoisotopic (exact) mass is 322 g/mol. The quantitative estimate of drug-likeness (QED) is 0.585. The fourth-order valence-corrected chi connectivity index (χ4v) is 2.23. The molecule has 0 aliphatic carbocycles. The van der Waals surface area contributed by atoms with E-state index in [0.29, 0.717) is 16.6 Å². The molecule has 1 heterocycles. The van der Waals surface area contributed by atoms with Gasteiger partial charge >= 0.3 is 0 Å². The first-order valence-corrected chi connectivity index (χ1v) is 7.20. The Hall–Kier alpha value is -2.62. The molecule has 9 nitrogen and oxygen atoms in total. The van der Waals surface area contributed by atoms with Crippen molar-refractivity contribution in [3.05, 3.63) is 24.3 Å². The fourth-order valence-electron chi connectivity index (χ4n) is 1.55. The Morgan fingerprint density at radius 1 is 1.32 bits per heavy atom. The fraction of sp³-hybridized carbons (Fsp3) is 0.250. The van der Waals surface area contributed by atoms with Crippen molar-refractivity contribution in [2.75, 3.05) is 12.9 Å². The Balaban J connectivity index is 2.07. The van der Waals surface area contributed by atoms with Gasteiger partial charge in [0.05, 0.1) is 12.9 Å². The number of aromatic nitrogens is 4. The van der Waals surface area contributed by atoms with Crippen molar-refractivity contribution >= 4 is 23.6 Å². The zero-order valence-electron chi connectivity index (χ0n) is 11.9. The van der Waals surface area contributed by atoms with Crippen LogP contribution in [-0.4, -0.2) is 44.9 Å². The minimum absolute atomic E-state index is 0.0514. The average Bonchev–Trinajstić information content (AvgIpc) is 2.99. The molecule has 116 valence electrons. The van der Waals surface area contributed by atoms with Crippen LogP contribution in [0.2, 0.25) is 0 Å². The Bertz CT molecular complexity index is 674. The Kier molecular flexibility index (Phi) is 5.31. The average molecular weight is 322 g/mol. The van der Waals surface area contributed by atoms with Crippen LogP contribution in [-0.2, 0) is 9.59 Å². The molecule has 2 rings (SSSR count). The molecule has 2 N–H and O–H groups in total. The van der Waals surface area contributed by atoms with Gasteiger partial charge in [-0.3, -0.25) is 20.4 Å². The molecule has 1 aromatic heterocycles. The largest absolute Gasteiger partial charge is 0.494 e. The van der Waals surface area contributed by atoms with Gasteiger partial charge in [-0.15, -0.1) is 5.10 Å². The summed E-state index contributed by atoms with van der Waals surface area (Å²) in [5, 5.41) is 11.8. The number of nitrogens with zero attached hydrogens (tertiary/aromatic N) is 4. The van der Waals surface area contributed by atoms with Crippen LogP contribution < -0.4 is 15.6 Å². The maximum atomic E-state index is 11.6. The van der Waals surface area contributed by atoms with Crippen LogP contribution in [0.3, 0.4) is 0 Å². The zero-order chi connectivity index (χ0) is 15.9. The number of ether oxygens (including phenoxy) is 1. The number of methoxy groups -OCH3 is 1. The van der Waals surface area contributed by atoms with Gasteiger partial charge in [0.2, 0.25) is 17.0 Å². The van der Waals surface area contributed by atoms with Gasteiger partial charge in [-0.05, 0) is 22.6 Å². The second-order valence-electron chi connectivity index (χ2n) is 4.06. The van der Waals surface area contributed by atoms with Crippen LogP contribution >= 0.6 is 11.8 Å². The standard InChI is InChI=1S/C12H14N6O3S/c1-8(19)13-14-11(20)7-22-12-15-16-17-18(12)9-5-3-4-6-10(9)21-2/h3-6H,7H2,1-2H3,(H,13,19)(H,14,20). The van der Waals surface area contributed by atoms with Gasteiger partial charge in [-0.25, -0.2) is 0 Å². The minimum Gasteiger partial charge on any atom is -0.494 e. The van der Waals surface area contributed by atoms with Crippen molar-refractivity contribution in [2.24, 2.45) is 0 Å². The molecular weight excluding hydrogens is 308 g/mol. The minimum atomic E-state index is -0.366. The van der Waals surface area contributed by atoms with Crippen LogP contribution in [0.1, 0.15) is 6.92 Å². The molecule has 0 aliphatic heterocycles. The summed E-state index contributed by atoms with van der Waals surface area (Å²) in [5.41, 5.74) is 5.14. The number of carbonyl (C=O) groups is 2. The summed E-state index contributed by atoms with van der Waals surface area (Å²) in [7, 11) is 1.55. The Morgan fingerprint density at radius 3 is 2.82 bits per heavy atom. The van der Waals surface area contributed by atoms with Crippen molar-refractivity contribution in [3.63, 3.8) is 0 Å². The smallest absolute Gasteiger partial charge is 0.248 e. The molecule has 1 aromatic carbocycles. The van der Waals surface area contributed by atoms with E-state index in [4.69, 9.17) is 4.74 Å². The van der Waals surface area contributed by atoms with E-state index in [1.807, 2.05) is 12.1 Å². The Morgan fingerprint density at radius 2 is 2.09 bits per heavy atom. The maximum absolute atomic E-state index is 11.6. The van der Waals surface area contributed by atoms with Crippen molar-refractivity contribution < 1.29 is 14.3 Å². The number of hydrogen-bond donors (Lipinski definition) is 2. The number of thioether (sulfide) groups is 1. The highest BCUT2D eigenvalue weighted by atomic mass is 32.2. The molecule has 2 aromatic rings. The van der Waals surface area contributed by atoms with E-state index in [9.17, 15) is 9.59 Å². The lowest BCUT2D eigenvalue weighted by Gasteiger charge is -2.09. The summed E-state index contributed by atoms with van der Waals surface area (Å²) in [5.74, 6) is -0.0539. The molecule has 22 heavy (non-hydrogen) atoms. The third kappa shape index (κ3) is 3.95. The second kappa shape index (κ2) is 7.41. The second-order valence-corrected chi connectivity index (χ2v) is 5.01. The summed E-state index contributed by atoms with van der Waals surface area (Å²) in [6.45, 7) is 1.30. The van der Waals surface area contributed by atoms with Crippen molar-refractivity contribution in [2.45, 2.75) is 12.1 Å². The molecule has 0 unspecified atom stereocenters. The first-order valence-electron chi connectivity index (χ1n) is 6.22. The van der Waals surface area contributed by atoms with E-state index in [0.717, 1.165) is 11.8 Å². The molecule has 0 atom stereocenters. The molecule has 0 saturated heterocycles. The first kappa shape index (κ1) is 15.8. The van der Waals surface area contributed by atoms with E-state index in [2.05, 4.69) is 26.4 Å². The predicted octanol–water partition coefficient (Wildman–Crippen LogP) is -0.0697. The summed E-state index contributed by atoms with van der Waals surface area (Å²) in [6.07, 6.45) is 0. The van der Waals surface area contributed by atoms with Crippen LogP contribution in [0, 0.1) is 0 Å². The van der Waals surface area contributed by atoms with Gasteiger partial charge < -0.3 is 4.74 Å². The third-order valence-corrected chi connectivity index (χ3v) is 3.38. The number of hydrogen-bond acceptors (Lipinski definition) is 7. The number of rotatable bonds is 5. The summed E-state index contributed by atoms with van der Waals surface area (Å²) >= 11 is 1.14. The van der Waals surface area contributed by atoms with Crippen molar-refractivity contribution in [3.8, 4) is 11.4 Å². The lowest BCUT2D eigenvalue weighted by atomic mass is 10.3. The van der Waals surface area contributed by atoms with E-state index in [-0.39, 0.29) is 17.6 Å². The van der Waals surface area contributed by atoms with Crippen molar-refractivity contribution in [1.82, 2.24) is 31.1 Å². The van der Waals surface area contributed by atoms with E-state index in [1.165, 1.54) is 11.6 Å². The van der Waals surface area contributed by atoms with Gasteiger partial charge in [0.15, 0.2) is 0 Å². The topological polar surface area (TPSA) is 111 Å². The number of hydrazine groups is 1. The SMILES string of the molecule is COc1ccccc1-n1nnnc1SCC(=O)NNC(C)=O. The number of amides is 2. The van der Waals surface area contributed by atoms with Gasteiger partial charge in [0, 0.05) is 6.92 Å². The highest BCUT2D eigenvalue weighted by Crippen LogP contribution is 2.25. The van der Waals surface area contributed by atoms with E-state index < -0.39 is 0 Å². The summed E-state index contributed by atoms with van der Waals surface area (Å²) in [6, 6.07) is 7.25. The van der Waals surface area contributed by atoms with Crippen molar-refractivity contribution in [1.29, 1.82) is 0 Å². The number of tetrazole rings is 1. The highest BCUT2D eigenvalue weighted by Gasteiger charge is 2.14. The van der Waals surface area contributed by atoms with Gasteiger partial charge in [0.25, 0.3) is 0 Å². The first-order chi connectivity index (χ1) is 10.6. The molecule has 0 bridgehead atoms. The molecular formula is C12H14N6O3S. The van der Waals surface area contributed by atoms with Crippen LogP contribution in [0.25, 0.3) is 5.69 Å². The van der Waals surface area contributed by atoms with Crippen LogP contribution in [0.5, 0.6) is 5.75 Å². The molecule has 0 saturated carbocycles. The lowest BCUT2D eigenvalue weighted by Crippen LogP contribution is -2.41. The molecule has 10 heteroatoms. The van der Waals surface area contributed by atoms with E-state index in [1.54, 1.807) is 19.2 Å². The molecule has 0 radical (unpaired) electrons. The molecule has 2 amide bonds. The molecule has 0 spiro atoms. The number of benzene rings is 1. The number of carbonyl (C=O) groups excluding carboxylic acids is 2. The summed E-state index contributed by atoms with van der Waals surface area (Å²) in [4.78, 5) is 22.3. The highest BCUT2D eigenvalue weighted by molar-refractivity contribution is 7.99. The maximum Gasteiger partial charge on any atom is 0.248 e. The van der Waals surface area contributed by atoms with Gasteiger partial charge in [0.1, 0.15) is 11.4 Å². The zero-order valence-corrected chi connectivity index (χ0v) is 12.8. The number of para-hydroxylation sites is 2. The summed E-state index contributed by atoms with van der Waals surface area (Å²) < 4.78 is 6.74. The molecule has 0 fully saturated rings. The normalized spacial score (nSPS) is 10.1. The number of nitrogens with one attached hydrogen (secondary N) is 2. The van der Waals surface area contributed by atoms with E-state index >= 15 is 0 Å². The van der Waals surface area contributed by atoms with Crippen LogP contribution in [0.15, 0.2) is 29.4 Å². The lowest BCUT2D eigenvalue weighted by molar-refractivity contribution is -0.126. The molecule has 0 aliphatic rings. The van der Waals surface area contributed by atoms with Gasteiger partial charge in [-0.2, -0.15) is 4.68 Å². The Labute approximate surface area is 130 Å². The van der Waals surface area contributed by atoms with Crippen LogP contribution in [0.4, 0.5) is 0 Å². The predicted molar refractivity (Wildman–Crippen MR) is 78.4 cm³/mol. The third-order valence-electron chi connectivity index (χ3n) is 2.46. The van der Waals surface area contributed by atoms with Gasteiger partial charge in [-0.1, -0.05) is 23.9 Å².